The highest BCUT2D eigenvalue weighted by Gasteiger charge is 2.28. The summed E-state index contributed by atoms with van der Waals surface area (Å²) in [5, 5.41) is 8.55. The average molecular weight is 392 g/mol. The molecule has 0 spiro atoms. The van der Waals surface area contributed by atoms with Crippen molar-refractivity contribution in [3.05, 3.63) is 21.9 Å². The number of hydrogen-bond donors (Lipinski definition) is 2. The van der Waals surface area contributed by atoms with Crippen LogP contribution in [0.25, 0.3) is 0 Å². The second-order valence-corrected chi connectivity index (χ2v) is 8.43. The molecule has 3 rings (SSSR count). The van der Waals surface area contributed by atoms with Crippen LogP contribution in [-0.2, 0) is 22.6 Å². The van der Waals surface area contributed by atoms with Crippen LogP contribution in [-0.4, -0.2) is 66.8 Å². The van der Waals surface area contributed by atoms with E-state index in [2.05, 4.69) is 27.1 Å². The fourth-order valence-electron chi connectivity index (χ4n) is 3.56. The second-order valence-electron chi connectivity index (χ2n) is 7.43. The number of rotatable bonds is 4. The fourth-order valence-corrected chi connectivity index (χ4v) is 4.45. The first-order valence-electron chi connectivity index (χ1n) is 9.57. The molecule has 2 N–H and O–H groups in total. The number of nitrogens with one attached hydrogen (secondary N) is 2. The Morgan fingerprint density at radius 1 is 1.33 bits per heavy atom. The van der Waals surface area contributed by atoms with Crippen LogP contribution in [0.2, 0.25) is 0 Å². The van der Waals surface area contributed by atoms with Crippen LogP contribution in [0.15, 0.2) is 16.4 Å². The topological polar surface area (TPSA) is 77.0 Å². The van der Waals surface area contributed by atoms with Gasteiger partial charge in [-0.1, -0.05) is 13.8 Å². The van der Waals surface area contributed by atoms with Crippen molar-refractivity contribution in [2.75, 3.05) is 33.2 Å². The molecule has 0 bridgehead atoms. The number of fused-ring (bicyclic) bond motifs is 1. The van der Waals surface area contributed by atoms with Crippen molar-refractivity contribution >= 4 is 29.1 Å². The normalized spacial score (nSPS) is 20.0. The van der Waals surface area contributed by atoms with E-state index < -0.39 is 0 Å². The summed E-state index contributed by atoms with van der Waals surface area (Å²) in [5.41, 5.74) is 1.27. The fraction of sp³-hybridized carbons (Fsp3) is 0.632. The summed E-state index contributed by atoms with van der Waals surface area (Å²) in [5.74, 6) is 0.903. The number of nitrogens with zero attached hydrogens (tertiary/aromatic N) is 3. The lowest BCUT2D eigenvalue weighted by molar-refractivity contribution is -0.133. The summed E-state index contributed by atoms with van der Waals surface area (Å²) in [6, 6.07) is 2.27. The number of guanidine groups is 1. The van der Waals surface area contributed by atoms with Gasteiger partial charge in [-0.3, -0.25) is 14.6 Å². The van der Waals surface area contributed by atoms with E-state index in [1.54, 1.807) is 18.4 Å². The molecule has 1 saturated heterocycles. The van der Waals surface area contributed by atoms with Crippen molar-refractivity contribution in [3.8, 4) is 0 Å². The molecule has 8 heteroatoms. The zero-order chi connectivity index (χ0) is 19.4. The third-order valence-corrected chi connectivity index (χ3v) is 6.15. The first-order valence-corrected chi connectivity index (χ1v) is 10.4. The number of likely N-dealkylation sites (tertiary alicyclic amines) is 1. The van der Waals surface area contributed by atoms with E-state index in [9.17, 15) is 9.59 Å². The van der Waals surface area contributed by atoms with E-state index in [-0.39, 0.29) is 30.3 Å². The minimum Gasteiger partial charge on any atom is -0.352 e. The lowest BCUT2D eigenvalue weighted by Crippen LogP contribution is -2.49. The van der Waals surface area contributed by atoms with Gasteiger partial charge >= 0.3 is 0 Å². The Kier molecular flexibility index (Phi) is 6.36. The molecule has 1 fully saturated rings. The van der Waals surface area contributed by atoms with Gasteiger partial charge in [-0.2, -0.15) is 0 Å². The third-order valence-electron chi connectivity index (χ3n) is 5.13. The van der Waals surface area contributed by atoms with Gasteiger partial charge in [0.1, 0.15) is 0 Å². The van der Waals surface area contributed by atoms with Gasteiger partial charge in [0.05, 0.1) is 6.54 Å². The molecule has 2 aliphatic rings. The van der Waals surface area contributed by atoms with Crippen molar-refractivity contribution in [2.45, 2.75) is 39.3 Å². The molecule has 27 heavy (non-hydrogen) atoms. The second kappa shape index (κ2) is 8.73. The third kappa shape index (κ3) is 4.80. The van der Waals surface area contributed by atoms with Crippen LogP contribution in [0.5, 0.6) is 0 Å². The number of amides is 2. The van der Waals surface area contributed by atoms with E-state index in [1.165, 1.54) is 10.4 Å². The van der Waals surface area contributed by atoms with Crippen molar-refractivity contribution in [1.29, 1.82) is 0 Å². The van der Waals surface area contributed by atoms with Gasteiger partial charge < -0.3 is 20.4 Å². The number of aliphatic imine (C=N–C) groups is 1. The Labute approximate surface area is 164 Å². The van der Waals surface area contributed by atoms with Gasteiger partial charge in [0.25, 0.3) is 0 Å². The lowest BCUT2D eigenvalue weighted by atomic mass is 10.1. The molecule has 0 aromatic carbocycles. The lowest BCUT2D eigenvalue weighted by Gasteiger charge is -2.27. The molecule has 1 aromatic rings. The summed E-state index contributed by atoms with van der Waals surface area (Å²) >= 11 is 1.77. The van der Waals surface area contributed by atoms with Gasteiger partial charge in [0, 0.05) is 50.1 Å². The van der Waals surface area contributed by atoms with Crippen molar-refractivity contribution in [3.63, 3.8) is 0 Å². The van der Waals surface area contributed by atoms with Gasteiger partial charge in [-0.25, -0.2) is 0 Å². The molecule has 1 unspecified atom stereocenters. The van der Waals surface area contributed by atoms with E-state index in [0.717, 1.165) is 25.9 Å². The van der Waals surface area contributed by atoms with Crippen LogP contribution in [0.3, 0.4) is 0 Å². The Hall–Kier alpha value is -2.09. The molecule has 3 heterocycles. The summed E-state index contributed by atoms with van der Waals surface area (Å²) in [6.07, 6.45) is 1.83. The molecule has 1 aromatic heterocycles. The first-order chi connectivity index (χ1) is 13.0. The van der Waals surface area contributed by atoms with E-state index in [4.69, 9.17) is 0 Å². The van der Waals surface area contributed by atoms with Crippen LogP contribution >= 0.6 is 11.3 Å². The molecular formula is C19H29N5O2S. The number of carbonyl (C=O) groups is 2. The van der Waals surface area contributed by atoms with Gasteiger partial charge in [-0.05, 0) is 29.9 Å². The monoisotopic (exact) mass is 391 g/mol. The quantitative estimate of drug-likeness (QED) is 0.594. The van der Waals surface area contributed by atoms with Gasteiger partial charge in [0.2, 0.25) is 11.8 Å². The molecule has 2 aliphatic heterocycles. The average Bonchev–Trinajstić information content (AvgIpc) is 3.32. The highest BCUT2D eigenvalue weighted by Crippen LogP contribution is 2.23. The zero-order valence-corrected chi connectivity index (χ0v) is 17.1. The Morgan fingerprint density at radius 3 is 2.89 bits per heavy atom. The maximum absolute atomic E-state index is 12.5. The van der Waals surface area contributed by atoms with Gasteiger partial charge in [-0.15, -0.1) is 11.3 Å². The van der Waals surface area contributed by atoms with E-state index in [1.807, 2.05) is 23.6 Å². The molecule has 0 saturated carbocycles. The smallest absolute Gasteiger partial charge is 0.242 e. The van der Waals surface area contributed by atoms with E-state index >= 15 is 0 Å². The minimum absolute atomic E-state index is 0.0205. The number of carbonyl (C=O) groups excluding carboxylic acids is 2. The molecule has 0 aliphatic carbocycles. The Balaban J connectivity index is 1.44. The standard InChI is InChI=1S/C19H29N5O2S/c1-13(2)18(26)24-7-4-15(12-24)22-19(20-3)21-10-17(25)23-8-5-16-14(11-23)6-9-27-16/h6,9,13,15H,4-5,7-8,10-12H2,1-3H3,(H2,20,21,22). The maximum atomic E-state index is 12.5. The highest BCUT2D eigenvalue weighted by molar-refractivity contribution is 7.10. The minimum atomic E-state index is 0.0205. The zero-order valence-electron chi connectivity index (χ0n) is 16.3. The van der Waals surface area contributed by atoms with Crippen molar-refractivity contribution in [1.82, 2.24) is 20.4 Å². The summed E-state index contributed by atoms with van der Waals surface area (Å²) < 4.78 is 0. The molecule has 2 amide bonds. The first kappa shape index (κ1) is 19.7. The van der Waals surface area contributed by atoms with Crippen LogP contribution in [0, 0.1) is 5.92 Å². The number of thiophene rings is 1. The Morgan fingerprint density at radius 2 is 2.15 bits per heavy atom. The number of hydrogen-bond acceptors (Lipinski definition) is 4. The summed E-state index contributed by atoms with van der Waals surface area (Å²) in [7, 11) is 1.70. The van der Waals surface area contributed by atoms with Gasteiger partial charge in [0.15, 0.2) is 5.96 Å². The molecular weight excluding hydrogens is 362 g/mol. The predicted molar refractivity (Wildman–Crippen MR) is 108 cm³/mol. The maximum Gasteiger partial charge on any atom is 0.242 e. The van der Waals surface area contributed by atoms with Crippen molar-refractivity contribution < 1.29 is 9.59 Å². The van der Waals surface area contributed by atoms with E-state index in [0.29, 0.717) is 19.0 Å². The SMILES string of the molecule is CN=C(NCC(=O)N1CCc2sccc2C1)NC1CCN(C(=O)C(C)C)C1. The highest BCUT2D eigenvalue weighted by atomic mass is 32.1. The van der Waals surface area contributed by atoms with Crippen LogP contribution in [0.1, 0.15) is 30.7 Å². The van der Waals surface area contributed by atoms with Crippen LogP contribution < -0.4 is 10.6 Å². The molecule has 0 radical (unpaired) electrons. The summed E-state index contributed by atoms with van der Waals surface area (Å²) in [6.45, 7) is 6.99. The Bertz CT molecular complexity index is 715. The van der Waals surface area contributed by atoms with Crippen molar-refractivity contribution in [2.24, 2.45) is 10.9 Å². The molecule has 148 valence electrons. The largest absolute Gasteiger partial charge is 0.352 e. The molecule has 1 atom stereocenters. The van der Waals surface area contributed by atoms with Crippen LogP contribution in [0.4, 0.5) is 0 Å². The molecule has 7 nitrogen and oxygen atoms in total. The predicted octanol–water partition coefficient (Wildman–Crippen LogP) is 1.05. The summed E-state index contributed by atoms with van der Waals surface area (Å²) in [4.78, 5) is 34.1.